The number of alkyl halides is 3. The molecule has 0 aliphatic rings. The maximum atomic E-state index is 12.1. The summed E-state index contributed by atoms with van der Waals surface area (Å²) in [6, 6.07) is 14.0. The minimum Gasteiger partial charge on any atom is -0.406 e. The molecule has 2 rings (SSSR count). The lowest BCUT2D eigenvalue weighted by Crippen LogP contribution is -2.18. The Morgan fingerprint density at radius 3 is 2.05 bits per heavy atom. The first-order valence-electron chi connectivity index (χ1n) is 6.46. The van der Waals surface area contributed by atoms with E-state index in [1.807, 2.05) is 43.1 Å². The molecule has 112 valence electrons. The fraction of sp³-hybridized carbons (Fsp3) is 0.250. The molecule has 0 spiro atoms. The number of hydrogen-bond donors (Lipinski definition) is 0. The van der Waals surface area contributed by atoms with Crippen LogP contribution >= 0.6 is 0 Å². The SMILES string of the molecule is Cc1ccc(N(C)Cc2ccc(OC(F)(F)F)cc2)cc1. The molecule has 0 saturated heterocycles. The van der Waals surface area contributed by atoms with Gasteiger partial charge in [0, 0.05) is 19.3 Å². The maximum Gasteiger partial charge on any atom is 0.573 e. The van der Waals surface area contributed by atoms with Crippen LogP contribution in [0.3, 0.4) is 0 Å². The lowest BCUT2D eigenvalue weighted by molar-refractivity contribution is -0.274. The summed E-state index contributed by atoms with van der Waals surface area (Å²) >= 11 is 0. The van der Waals surface area contributed by atoms with Gasteiger partial charge in [0.2, 0.25) is 0 Å². The molecule has 0 bridgehead atoms. The van der Waals surface area contributed by atoms with Gasteiger partial charge in [0.1, 0.15) is 5.75 Å². The van der Waals surface area contributed by atoms with Crippen molar-refractivity contribution in [3.8, 4) is 5.75 Å². The molecular weight excluding hydrogens is 279 g/mol. The summed E-state index contributed by atoms with van der Waals surface area (Å²) in [6.45, 7) is 2.62. The van der Waals surface area contributed by atoms with Crippen molar-refractivity contribution in [1.82, 2.24) is 0 Å². The van der Waals surface area contributed by atoms with E-state index < -0.39 is 6.36 Å². The molecule has 0 radical (unpaired) electrons. The van der Waals surface area contributed by atoms with Crippen molar-refractivity contribution in [2.45, 2.75) is 19.8 Å². The molecular formula is C16H16F3NO. The highest BCUT2D eigenvalue weighted by molar-refractivity contribution is 5.47. The molecule has 0 atom stereocenters. The van der Waals surface area contributed by atoms with Crippen LogP contribution in [0.5, 0.6) is 5.75 Å². The van der Waals surface area contributed by atoms with Crippen molar-refractivity contribution in [3.63, 3.8) is 0 Å². The molecule has 0 unspecified atom stereocenters. The summed E-state index contributed by atoms with van der Waals surface area (Å²) in [4.78, 5) is 2.03. The fourth-order valence-electron chi connectivity index (χ4n) is 1.96. The third-order valence-corrected chi connectivity index (χ3v) is 3.05. The van der Waals surface area contributed by atoms with E-state index in [0.717, 1.165) is 11.3 Å². The first-order valence-corrected chi connectivity index (χ1v) is 6.46. The molecule has 0 saturated carbocycles. The zero-order valence-corrected chi connectivity index (χ0v) is 11.8. The van der Waals surface area contributed by atoms with E-state index in [0.29, 0.717) is 6.54 Å². The normalized spacial score (nSPS) is 11.3. The second-order valence-corrected chi connectivity index (χ2v) is 4.88. The Kier molecular flexibility index (Phi) is 4.40. The average Bonchev–Trinajstić information content (AvgIpc) is 2.40. The molecule has 0 aliphatic carbocycles. The quantitative estimate of drug-likeness (QED) is 0.821. The number of rotatable bonds is 4. The highest BCUT2D eigenvalue weighted by Crippen LogP contribution is 2.23. The monoisotopic (exact) mass is 295 g/mol. The van der Waals surface area contributed by atoms with Gasteiger partial charge in [0.25, 0.3) is 0 Å². The minimum atomic E-state index is -4.65. The Labute approximate surface area is 121 Å². The van der Waals surface area contributed by atoms with E-state index in [9.17, 15) is 13.2 Å². The van der Waals surface area contributed by atoms with Crippen LogP contribution in [0.15, 0.2) is 48.5 Å². The van der Waals surface area contributed by atoms with Crippen molar-refractivity contribution < 1.29 is 17.9 Å². The van der Waals surface area contributed by atoms with Crippen LogP contribution < -0.4 is 9.64 Å². The largest absolute Gasteiger partial charge is 0.573 e. The van der Waals surface area contributed by atoms with E-state index in [-0.39, 0.29) is 5.75 Å². The van der Waals surface area contributed by atoms with Crippen molar-refractivity contribution in [2.24, 2.45) is 0 Å². The molecule has 0 aliphatic heterocycles. The first-order chi connectivity index (χ1) is 9.83. The second kappa shape index (κ2) is 6.08. The van der Waals surface area contributed by atoms with Crippen molar-refractivity contribution >= 4 is 5.69 Å². The lowest BCUT2D eigenvalue weighted by Gasteiger charge is -2.20. The number of anilines is 1. The van der Waals surface area contributed by atoms with Gasteiger partial charge in [-0.3, -0.25) is 0 Å². The maximum absolute atomic E-state index is 12.1. The molecule has 0 amide bonds. The van der Waals surface area contributed by atoms with Gasteiger partial charge in [-0.05, 0) is 36.8 Å². The van der Waals surface area contributed by atoms with Crippen LogP contribution in [0.1, 0.15) is 11.1 Å². The minimum absolute atomic E-state index is 0.204. The summed E-state index contributed by atoms with van der Waals surface area (Å²) in [6.07, 6.45) is -4.65. The number of nitrogens with zero attached hydrogens (tertiary/aromatic N) is 1. The van der Waals surface area contributed by atoms with Crippen LogP contribution in [0.2, 0.25) is 0 Å². The predicted molar refractivity (Wildman–Crippen MR) is 76.4 cm³/mol. The zero-order chi connectivity index (χ0) is 15.5. The standard InChI is InChI=1S/C16H16F3NO/c1-12-3-7-14(8-4-12)20(2)11-13-5-9-15(10-6-13)21-16(17,18)19/h3-10H,11H2,1-2H3. The summed E-state index contributed by atoms with van der Waals surface area (Å²) in [5.41, 5.74) is 3.14. The molecule has 5 heteroatoms. The Bertz CT molecular complexity index is 576. The highest BCUT2D eigenvalue weighted by atomic mass is 19.4. The summed E-state index contributed by atoms with van der Waals surface area (Å²) in [7, 11) is 1.94. The van der Waals surface area contributed by atoms with Gasteiger partial charge in [-0.15, -0.1) is 13.2 Å². The third-order valence-electron chi connectivity index (χ3n) is 3.05. The topological polar surface area (TPSA) is 12.5 Å². The van der Waals surface area contributed by atoms with Gasteiger partial charge < -0.3 is 9.64 Å². The molecule has 0 aromatic heterocycles. The van der Waals surface area contributed by atoms with Crippen LogP contribution in [0.4, 0.5) is 18.9 Å². The third kappa shape index (κ3) is 4.70. The molecule has 2 nitrogen and oxygen atoms in total. The van der Waals surface area contributed by atoms with Crippen molar-refractivity contribution in [1.29, 1.82) is 0 Å². The lowest BCUT2D eigenvalue weighted by atomic mass is 10.2. The van der Waals surface area contributed by atoms with E-state index >= 15 is 0 Å². The molecule has 2 aromatic carbocycles. The number of aryl methyl sites for hydroxylation is 1. The van der Waals surface area contributed by atoms with E-state index in [1.54, 1.807) is 12.1 Å². The van der Waals surface area contributed by atoms with Crippen LogP contribution in [0, 0.1) is 6.92 Å². The molecule has 2 aromatic rings. The van der Waals surface area contributed by atoms with E-state index in [1.165, 1.54) is 17.7 Å². The number of ether oxygens (including phenoxy) is 1. The zero-order valence-electron chi connectivity index (χ0n) is 11.8. The van der Waals surface area contributed by atoms with Crippen molar-refractivity contribution in [3.05, 3.63) is 59.7 Å². The number of hydrogen-bond acceptors (Lipinski definition) is 2. The number of halogens is 3. The van der Waals surface area contributed by atoms with E-state index in [2.05, 4.69) is 4.74 Å². The van der Waals surface area contributed by atoms with Gasteiger partial charge >= 0.3 is 6.36 Å². The van der Waals surface area contributed by atoms with Gasteiger partial charge in [-0.25, -0.2) is 0 Å². The van der Waals surface area contributed by atoms with E-state index in [4.69, 9.17) is 0 Å². The van der Waals surface area contributed by atoms with Gasteiger partial charge in [0.15, 0.2) is 0 Å². The van der Waals surface area contributed by atoms with Crippen molar-refractivity contribution in [2.75, 3.05) is 11.9 Å². The Hall–Kier alpha value is -2.17. The van der Waals surface area contributed by atoms with Gasteiger partial charge in [0.05, 0.1) is 0 Å². The molecule has 0 fully saturated rings. The molecule has 0 heterocycles. The fourth-order valence-corrected chi connectivity index (χ4v) is 1.96. The van der Waals surface area contributed by atoms with Crippen LogP contribution in [0.25, 0.3) is 0 Å². The Balaban J connectivity index is 2.01. The number of benzene rings is 2. The van der Waals surface area contributed by atoms with Crippen LogP contribution in [-0.4, -0.2) is 13.4 Å². The summed E-state index contributed by atoms with van der Waals surface area (Å²) in [5, 5.41) is 0. The van der Waals surface area contributed by atoms with Crippen LogP contribution in [-0.2, 0) is 6.54 Å². The smallest absolute Gasteiger partial charge is 0.406 e. The summed E-state index contributed by atoms with van der Waals surface area (Å²) < 4.78 is 40.1. The summed E-state index contributed by atoms with van der Waals surface area (Å²) in [5.74, 6) is -0.204. The Morgan fingerprint density at radius 2 is 1.52 bits per heavy atom. The van der Waals surface area contributed by atoms with Gasteiger partial charge in [-0.1, -0.05) is 29.8 Å². The second-order valence-electron chi connectivity index (χ2n) is 4.88. The molecule has 0 N–H and O–H groups in total. The average molecular weight is 295 g/mol. The van der Waals surface area contributed by atoms with Gasteiger partial charge in [-0.2, -0.15) is 0 Å². The predicted octanol–water partition coefficient (Wildman–Crippen LogP) is 4.53. The first kappa shape index (κ1) is 15.2. The highest BCUT2D eigenvalue weighted by Gasteiger charge is 2.30. The Morgan fingerprint density at radius 1 is 0.952 bits per heavy atom. The molecule has 21 heavy (non-hydrogen) atoms.